The van der Waals surface area contributed by atoms with Gasteiger partial charge in [0.2, 0.25) is 10.4 Å². The molecule has 0 bridgehead atoms. The zero-order valence-corrected chi connectivity index (χ0v) is 46.8. The molecule has 0 radical (unpaired) electrons. The van der Waals surface area contributed by atoms with E-state index in [1.54, 1.807) is 0 Å². The van der Waals surface area contributed by atoms with Crippen LogP contribution in [0, 0.1) is 0 Å². The molecule has 3 N–H and O–H groups in total. The number of hydrogen-bond acceptors (Lipinski definition) is 29. The van der Waals surface area contributed by atoms with Crippen LogP contribution in [-0.4, -0.2) is 75.9 Å². The summed E-state index contributed by atoms with van der Waals surface area (Å²) in [5.41, 5.74) is 4.69. The Morgan fingerprint density at radius 2 is 1.39 bits per heavy atom. The molecule has 0 amide bonds. The molecule has 4 aromatic rings. The molecule has 4 aromatic carbocycles. The average molecular weight is 1050 g/mol. The first-order valence-corrected chi connectivity index (χ1v) is 21.3. The van der Waals surface area contributed by atoms with Crippen molar-refractivity contribution in [3.63, 3.8) is 0 Å². The number of anilines is 1. The van der Waals surface area contributed by atoms with Crippen molar-refractivity contribution in [2.75, 3.05) is 46.4 Å². The molecule has 0 heterocycles. The second-order valence-corrected chi connectivity index (χ2v) is 15.9. The van der Waals surface area contributed by atoms with E-state index >= 15 is 0 Å². The molecule has 1 unspecified atom stereocenters. The minimum atomic E-state index is -5.33. The van der Waals surface area contributed by atoms with Crippen molar-refractivity contribution in [1.29, 1.82) is 0 Å². The van der Waals surface area contributed by atoms with Crippen molar-refractivity contribution in [3.05, 3.63) is 48.5 Å². The maximum atomic E-state index is 12.4. The van der Waals surface area contributed by atoms with Crippen LogP contribution < -0.4 is 144 Å². The van der Waals surface area contributed by atoms with Gasteiger partial charge in [-0.15, -0.1) is 19.7 Å². The molecule has 328 valence electrons. The average Bonchev–Trinajstić information content (AvgIpc) is 3.21. The van der Waals surface area contributed by atoms with E-state index in [0.717, 1.165) is 12.1 Å². The fraction of sp³-hybridized carbons (Fsp3) is 0.214. The number of nitrogens with zero attached hydrogens (tertiary/aromatic N) is 4. The normalized spacial score (nSPS) is 12.0. The predicted octanol–water partition coefficient (Wildman–Crippen LogP) is -8.60. The maximum Gasteiger partial charge on any atom is 1.00 e. The van der Waals surface area contributed by atoms with Gasteiger partial charge >= 0.3 is 118 Å². The number of fused-ring (bicyclic) bond motifs is 1. The van der Waals surface area contributed by atoms with Gasteiger partial charge in [-0.05, 0) is 41.8 Å². The predicted molar refractivity (Wildman–Crippen MR) is 197 cm³/mol. The zero-order valence-electron chi connectivity index (χ0n) is 33.9. The maximum absolute atomic E-state index is 12.4. The van der Waals surface area contributed by atoms with Crippen LogP contribution in [-0.2, 0) is 72.1 Å². The number of phenolic OH excluding ortho intramolecular Hbond substituents is 1. The molecule has 64 heavy (non-hydrogen) atoms. The van der Waals surface area contributed by atoms with E-state index < -0.39 is 72.5 Å². The number of azo groups is 2. The molecule has 0 aliphatic heterocycles. The molecule has 26 nitrogen and oxygen atoms in total. The van der Waals surface area contributed by atoms with E-state index in [1.807, 2.05) is 0 Å². The summed E-state index contributed by atoms with van der Waals surface area (Å²) in [5.74, 6) is -0.494. The fourth-order valence-electron chi connectivity index (χ4n) is 4.39. The van der Waals surface area contributed by atoms with Gasteiger partial charge in [-0.1, -0.05) is 0 Å². The van der Waals surface area contributed by atoms with Crippen molar-refractivity contribution in [2.24, 2.45) is 20.5 Å². The number of nitrogens with two attached hydrogens (primary N) is 1. The molecule has 0 aromatic heterocycles. The summed E-state index contributed by atoms with van der Waals surface area (Å²) in [5, 5.41) is 54.1. The first-order chi connectivity index (χ1) is 28.6. The number of benzene rings is 4. The SMILES string of the molecule is COc1cc(SOOCCOSOO[O-])c(OC)cc1N=Nc1c(SOO[O-])cc2cc(S(=O)(=O)[O-])c(N=Nc3ccc(S(=O)OCCOS(=O)(=O)[O-])cc3)c(N)c2c1O.[Na+].[Na+].[Na+].[Na+]. The number of hydrogen-bond donors (Lipinski definition) is 2. The molecule has 0 saturated heterocycles. The second-order valence-electron chi connectivity index (χ2n) is 10.3. The minimum Gasteiger partial charge on any atom is -0.744 e. The summed E-state index contributed by atoms with van der Waals surface area (Å²) >= 11 is -0.912. The molecule has 4 rings (SSSR count). The van der Waals surface area contributed by atoms with Gasteiger partial charge in [0.1, 0.15) is 45.3 Å². The molecule has 36 heteroatoms. The van der Waals surface area contributed by atoms with E-state index in [2.05, 4.69) is 43.4 Å². The van der Waals surface area contributed by atoms with Gasteiger partial charge in [-0.25, -0.2) is 25.9 Å². The third kappa shape index (κ3) is 19.9. The van der Waals surface area contributed by atoms with Crippen LogP contribution in [0.3, 0.4) is 0 Å². The fourth-order valence-corrected chi connectivity index (χ4v) is 7.29. The Bertz CT molecular complexity index is 2430. The van der Waals surface area contributed by atoms with Gasteiger partial charge in [0.15, 0.2) is 29.2 Å². The number of nitrogen functional groups attached to an aromatic ring is 1. The van der Waals surface area contributed by atoms with Crippen LogP contribution >= 0.6 is 36.4 Å². The first kappa shape index (κ1) is 64.1. The Balaban J connectivity index is 0.00000992. The standard InChI is InChI=1S/C28H29N5O21S6.4Na/c1-44-19-14-21(55-52-46-7-8-47-57-54-51-36)20(45-2)13-18(19)31-32-26-22(56-53-50-35)11-15-12-23(59(38,39)40)27(25(29)24(15)28(26)34)33-30-16-3-5-17(6-4-16)58(37)48-9-10-49-60(41,42)43;;;;/h3-6,11-14,34-36H,7-10,29H2,1-2H3,(H,38,39,40)(H,41,42,43);;;;/q;4*+1/p-4. The molecule has 0 spiro atoms. The summed E-state index contributed by atoms with van der Waals surface area (Å²) < 4.78 is 119. The van der Waals surface area contributed by atoms with E-state index in [-0.39, 0.29) is 199 Å². The van der Waals surface area contributed by atoms with Crippen LogP contribution in [0.1, 0.15) is 0 Å². The van der Waals surface area contributed by atoms with Crippen LogP contribution in [0.25, 0.3) is 10.8 Å². The summed E-state index contributed by atoms with van der Waals surface area (Å²) in [6, 6.07) is 9.81. The number of phenols is 1. The van der Waals surface area contributed by atoms with Crippen LogP contribution in [0.4, 0.5) is 28.4 Å². The van der Waals surface area contributed by atoms with Crippen molar-refractivity contribution < 1.29 is 214 Å². The van der Waals surface area contributed by atoms with E-state index in [1.165, 1.54) is 50.6 Å². The molecule has 1 atom stereocenters. The zero-order chi connectivity index (χ0) is 43.9. The third-order valence-electron chi connectivity index (χ3n) is 6.78. The van der Waals surface area contributed by atoms with Gasteiger partial charge in [0, 0.05) is 12.1 Å². The quantitative estimate of drug-likeness (QED) is 0.00716. The first-order valence-electron chi connectivity index (χ1n) is 15.4. The number of ether oxygens (including phenoxy) is 2. The molecule has 0 aliphatic carbocycles. The second kappa shape index (κ2) is 32.1. The van der Waals surface area contributed by atoms with Crippen molar-refractivity contribution in [1.82, 2.24) is 0 Å². The van der Waals surface area contributed by atoms with Crippen molar-refractivity contribution in [3.8, 4) is 17.2 Å². The molecule has 0 aliphatic rings. The van der Waals surface area contributed by atoms with Gasteiger partial charge in [0.05, 0.1) is 94.5 Å². The number of aromatic hydroxyl groups is 1. The van der Waals surface area contributed by atoms with Gasteiger partial charge in [0.25, 0.3) is 0 Å². The van der Waals surface area contributed by atoms with Crippen LogP contribution in [0.5, 0.6) is 17.2 Å². The largest absolute Gasteiger partial charge is 1.00 e. The monoisotopic (exact) mass is 1050 g/mol. The Morgan fingerprint density at radius 3 is 2.00 bits per heavy atom. The van der Waals surface area contributed by atoms with Gasteiger partial charge in [-0.2, -0.15) is 13.8 Å². The Kier molecular flexibility index (Phi) is 32.2. The van der Waals surface area contributed by atoms with E-state index in [0.29, 0.717) is 16.9 Å². The van der Waals surface area contributed by atoms with E-state index in [4.69, 9.17) is 32.8 Å². The molecule has 0 fully saturated rings. The van der Waals surface area contributed by atoms with Crippen LogP contribution in [0.15, 0.2) is 88.6 Å². The minimum absolute atomic E-state index is 0. The molecular weight excluding hydrogens is 1030 g/mol. The summed E-state index contributed by atoms with van der Waals surface area (Å²) in [6.45, 7) is -1.35. The summed E-state index contributed by atoms with van der Waals surface area (Å²) in [4.78, 5) is 4.19. The van der Waals surface area contributed by atoms with E-state index in [9.17, 15) is 45.8 Å². The van der Waals surface area contributed by atoms with Gasteiger partial charge in [-0.3, -0.25) is 22.6 Å². The third-order valence-corrected chi connectivity index (χ3v) is 10.8. The Morgan fingerprint density at radius 1 is 0.750 bits per heavy atom. The van der Waals surface area contributed by atoms with Gasteiger partial charge < -0.3 is 39.9 Å². The Hall–Kier alpha value is 0.120. The number of methoxy groups -OCH3 is 2. The molecule has 0 saturated carbocycles. The molecular formula is C28H25N5Na4O21S6. The topological polar surface area (TPSA) is 375 Å². The van der Waals surface area contributed by atoms with Crippen LogP contribution in [0.2, 0.25) is 0 Å². The Labute approximate surface area is 467 Å². The van der Waals surface area contributed by atoms with Crippen molar-refractivity contribution >= 4 is 107 Å². The van der Waals surface area contributed by atoms with Crippen molar-refractivity contribution in [2.45, 2.75) is 19.6 Å². The summed E-state index contributed by atoms with van der Waals surface area (Å²) in [6.07, 6.45) is 0. The summed E-state index contributed by atoms with van der Waals surface area (Å²) in [7, 11) is -7.67. The smallest absolute Gasteiger partial charge is 0.744 e. The number of rotatable bonds is 25.